The Morgan fingerprint density at radius 2 is 2.08 bits per heavy atom. The molecule has 1 aliphatic carbocycles. The van der Waals surface area contributed by atoms with Gasteiger partial charge in [0.15, 0.2) is 0 Å². The monoisotopic (exact) mass is 197 g/mol. The SMILES string of the molecule is Cc1ccc2c(c1)[C@@H](N)[C@H](C)C2.Cl. The van der Waals surface area contributed by atoms with Crippen molar-refractivity contribution in [2.45, 2.75) is 26.3 Å². The molecule has 0 heterocycles. The Labute approximate surface area is 85.7 Å². The first-order valence-electron chi connectivity index (χ1n) is 4.53. The number of rotatable bonds is 0. The van der Waals surface area contributed by atoms with Gasteiger partial charge >= 0.3 is 0 Å². The van der Waals surface area contributed by atoms with Crippen LogP contribution in [0, 0.1) is 12.8 Å². The summed E-state index contributed by atoms with van der Waals surface area (Å²) in [6, 6.07) is 6.88. The summed E-state index contributed by atoms with van der Waals surface area (Å²) < 4.78 is 0. The average molecular weight is 198 g/mol. The molecule has 1 nitrogen and oxygen atoms in total. The van der Waals surface area contributed by atoms with Crippen molar-refractivity contribution >= 4 is 12.4 Å². The number of nitrogens with two attached hydrogens (primary N) is 1. The van der Waals surface area contributed by atoms with Crippen LogP contribution in [0.2, 0.25) is 0 Å². The number of hydrogen-bond donors (Lipinski definition) is 1. The van der Waals surface area contributed by atoms with Crippen LogP contribution in [0.15, 0.2) is 18.2 Å². The van der Waals surface area contributed by atoms with Crippen molar-refractivity contribution in [1.82, 2.24) is 0 Å². The summed E-state index contributed by atoms with van der Waals surface area (Å²) in [5.41, 5.74) is 10.2. The number of hydrogen-bond acceptors (Lipinski definition) is 1. The molecule has 0 bridgehead atoms. The summed E-state index contributed by atoms with van der Waals surface area (Å²) in [4.78, 5) is 0. The summed E-state index contributed by atoms with van der Waals surface area (Å²) in [7, 11) is 0. The van der Waals surface area contributed by atoms with E-state index < -0.39 is 0 Å². The topological polar surface area (TPSA) is 26.0 Å². The molecule has 1 aliphatic rings. The molecule has 0 aromatic heterocycles. The van der Waals surface area contributed by atoms with Gasteiger partial charge in [0.05, 0.1) is 0 Å². The highest BCUT2D eigenvalue weighted by atomic mass is 35.5. The first-order chi connectivity index (χ1) is 5.68. The molecule has 0 saturated carbocycles. The zero-order chi connectivity index (χ0) is 8.72. The van der Waals surface area contributed by atoms with Crippen molar-refractivity contribution in [1.29, 1.82) is 0 Å². The van der Waals surface area contributed by atoms with Crippen molar-refractivity contribution in [3.8, 4) is 0 Å². The second kappa shape index (κ2) is 3.69. The average Bonchev–Trinajstić information content (AvgIpc) is 2.31. The Balaban J connectivity index is 0.000000845. The largest absolute Gasteiger partial charge is 0.324 e. The zero-order valence-electron chi connectivity index (χ0n) is 8.08. The smallest absolute Gasteiger partial charge is 0.0326 e. The maximum absolute atomic E-state index is 6.06. The third-order valence-electron chi connectivity index (χ3n) is 2.82. The molecule has 72 valence electrons. The summed E-state index contributed by atoms with van der Waals surface area (Å²) in [5, 5.41) is 0. The minimum atomic E-state index is 0. The van der Waals surface area contributed by atoms with E-state index in [1.165, 1.54) is 16.7 Å². The molecule has 13 heavy (non-hydrogen) atoms. The number of aryl methyl sites for hydroxylation is 1. The third kappa shape index (κ3) is 1.72. The van der Waals surface area contributed by atoms with E-state index in [2.05, 4.69) is 32.0 Å². The fourth-order valence-electron chi connectivity index (χ4n) is 1.99. The Kier molecular flexibility index (Phi) is 2.99. The molecule has 2 heteroatoms. The van der Waals surface area contributed by atoms with Gasteiger partial charge in [-0.05, 0) is 30.4 Å². The van der Waals surface area contributed by atoms with Gasteiger partial charge in [-0.3, -0.25) is 0 Å². The standard InChI is InChI=1S/C11H15N.ClH/c1-7-3-4-9-6-8(2)11(12)10(9)5-7;/h3-5,8,11H,6,12H2,1-2H3;1H/t8-,11+;/m1./s1. The molecule has 0 unspecified atom stereocenters. The molecule has 0 spiro atoms. The number of benzene rings is 1. The molecule has 2 rings (SSSR count). The first-order valence-corrected chi connectivity index (χ1v) is 4.53. The highest BCUT2D eigenvalue weighted by Crippen LogP contribution is 2.34. The summed E-state index contributed by atoms with van der Waals surface area (Å²) in [6.07, 6.45) is 1.15. The molecule has 1 aromatic carbocycles. The Bertz CT molecular complexity index is 309. The molecule has 0 radical (unpaired) electrons. The van der Waals surface area contributed by atoms with E-state index in [1.54, 1.807) is 0 Å². The molecule has 2 atom stereocenters. The fourth-order valence-corrected chi connectivity index (χ4v) is 1.99. The molecule has 1 aromatic rings. The number of halogens is 1. The number of fused-ring (bicyclic) bond motifs is 1. The molecule has 0 fully saturated rings. The van der Waals surface area contributed by atoms with E-state index >= 15 is 0 Å². The van der Waals surface area contributed by atoms with Crippen LogP contribution in [0.3, 0.4) is 0 Å². The van der Waals surface area contributed by atoms with Gasteiger partial charge in [0.25, 0.3) is 0 Å². The van der Waals surface area contributed by atoms with Gasteiger partial charge in [0.1, 0.15) is 0 Å². The van der Waals surface area contributed by atoms with E-state index in [0.29, 0.717) is 5.92 Å². The quantitative estimate of drug-likeness (QED) is 0.680. The van der Waals surface area contributed by atoms with Gasteiger partial charge in [0, 0.05) is 6.04 Å². The van der Waals surface area contributed by atoms with Crippen molar-refractivity contribution < 1.29 is 0 Å². The predicted molar refractivity (Wildman–Crippen MR) is 58.2 cm³/mol. The van der Waals surface area contributed by atoms with Crippen LogP contribution in [0.1, 0.15) is 29.7 Å². The van der Waals surface area contributed by atoms with Crippen LogP contribution >= 0.6 is 12.4 Å². The minimum Gasteiger partial charge on any atom is -0.324 e. The lowest BCUT2D eigenvalue weighted by Gasteiger charge is -2.09. The maximum atomic E-state index is 6.06. The van der Waals surface area contributed by atoms with Crippen molar-refractivity contribution in [2.24, 2.45) is 11.7 Å². The van der Waals surface area contributed by atoms with Crippen LogP contribution in [0.4, 0.5) is 0 Å². The minimum absolute atomic E-state index is 0. The van der Waals surface area contributed by atoms with E-state index in [1.807, 2.05) is 0 Å². The highest BCUT2D eigenvalue weighted by molar-refractivity contribution is 5.85. The molecule has 0 amide bonds. The van der Waals surface area contributed by atoms with E-state index in [0.717, 1.165) is 6.42 Å². The fraction of sp³-hybridized carbons (Fsp3) is 0.455. The Morgan fingerprint density at radius 1 is 1.38 bits per heavy atom. The molecule has 0 aliphatic heterocycles. The van der Waals surface area contributed by atoms with E-state index in [-0.39, 0.29) is 18.4 Å². The highest BCUT2D eigenvalue weighted by Gasteiger charge is 2.25. The van der Waals surface area contributed by atoms with Crippen LogP contribution < -0.4 is 5.73 Å². The predicted octanol–water partition coefficient (Wildman–Crippen LogP) is 2.61. The van der Waals surface area contributed by atoms with Crippen LogP contribution in [-0.2, 0) is 6.42 Å². The zero-order valence-corrected chi connectivity index (χ0v) is 8.90. The van der Waals surface area contributed by atoms with Crippen LogP contribution in [-0.4, -0.2) is 0 Å². The lowest BCUT2D eigenvalue weighted by molar-refractivity contribution is 0.513. The van der Waals surface area contributed by atoms with Gasteiger partial charge in [-0.1, -0.05) is 30.7 Å². The molecular weight excluding hydrogens is 182 g/mol. The second-order valence-corrected chi connectivity index (χ2v) is 3.91. The Hall–Kier alpha value is -0.530. The summed E-state index contributed by atoms with van der Waals surface area (Å²) in [5.74, 6) is 0.613. The molecular formula is C11H16ClN. The normalized spacial score (nSPS) is 25.2. The molecule has 0 saturated heterocycles. The van der Waals surface area contributed by atoms with Gasteiger partial charge in [-0.15, -0.1) is 12.4 Å². The van der Waals surface area contributed by atoms with E-state index in [4.69, 9.17) is 5.73 Å². The van der Waals surface area contributed by atoms with Gasteiger partial charge < -0.3 is 5.73 Å². The van der Waals surface area contributed by atoms with Gasteiger partial charge in [-0.2, -0.15) is 0 Å². The van der Waals surface area contributed by atoms with Gasteiger partial charge in [0.2, 0.25) is 0 Å². The van der Waals surface area contributed by atoms with Gasteiger partial charge in [-0.25, -0.2) is 0 Å². The van der Waals surface area contributed by atoms with Crippen LogP contribution in [0.25, 0.3) is 0 Å². The summed E-state index contributed by atoms with van der Waals surface area (Å²) >= 11 is 0. The maximum Gasteiger partial charge on any atom is 0.0326 e. The second-order valence-electron chi connectivity index (χ2n) is 3.91. The lowest BCUT2D eigenvalue weighted by Crippen LogP contribution is -2.13. The van der Waals surface area contributed by atoms with Crippen molar-refractivity contribution in [3.05, 3.63) is 34.9 Å². The Morgan fingerprint density at radius 3 is 2.77 bits per heavy atom. The van der Waals surface area contributed by atoms with Crippen molar-refractivity contribution in [3.63, 3.8) is 0 Å². The molecule has 2 N–H and O–H groups in total. The first kappa shape index (κ1) is 10.6. The van der Waals surface area contributed by atoms with E-state index in [9.17, 15) is 0 Å². The van der Waals surface area contributed by atoms with Crippen molar-refractivity contribution in [2.75, 3.05) is 0 Å². The van der Waals surface area contributed by atoms with Crippen LogP contribution in [0.5, 0.6) is 0 Å². The lowest BCUT2D eigenvalue weighted by atomic mass is 10.0. The third-order valence-corrected chi connectivity index (χ3v) is 2.82. The summed E-state index contributed by atoms with van der Waals surface area (Å²) in [6.45, 7) is 4.34.